The van der Waals surface area contributed by atoms with E-state index in [1.165, 1.54) is 0 Å². The van der Waals surface area contributed by atoms with Crippen molar-refractivity contribution < 1.29 is 8.42 Å². The van der Waals surface area contributed by atoms with Crippen molar-refractivity contribution in [3.8, 4) is 6.07 Å². The Balaban J connectivity index is 2.32. The smallest absolute Gasteiger partial charge is 0.207 e. The van der Waals surface area contributed by atoms with E-state index in [9.17, 15) is 13.7 Å². The zero-order valence-corrected chi connectivity index (χ0v) is 12.2. The molecule has 102 valence electrons. The van der Waals surface area contributed by atoms with Gasteiger partial charge in [-0.05, 0) is 62.8 Å². The molecule has 1 fully saturated rings. The third kappa shape index (κ3) is 2.80. The lowest BCUT2D eigenvalue weighted by atomic mass is 10.0. The minimum absolute atomic E-state index is 0.124. The summed E-state index contributed by atoms with van der Waals surface area (Å²) in [6.07, 6.45) is 1.80. The predicted molar refractivity (Wildman–Crippen MR) is 73.0 cm³/mol. The molecule has 0 radical (unpaired) electrons. The minimum Gasteiger partial charge on any atom is -0.207 e. The van der Waals surface area contributed by atoms with Crippen LogP contribution >= 0.6 is 0 Å². The summed E-state index contributed by atoms with van der Waals surface area (Å²) in [4.78, 5) is 0.220. The maximum absolute atomic E-state index is 12.3. The van der Waals surface area contributed by atoms with Crippen LogP contribution in [0.25, 0.3) is 0 Å². The lowest BCUT2D eigenvalue weighted by Crippen LogP contribution is -2.46. The number of nitrogens with one attached hydrogen (secondary N) is 1. The van der Waals surface area contributed by atoms with Gasteiger partial charge in [0.05, 0.1) is 11.0 Å². The van der Waals surface area contributed by atoms with Crippen molar-refractivity contribution >= 4 is 10.0 Å². The van der Waals surface area contributed by atoms with Crippen molar-refractivity contribution in [3.63, 3.8) is 0 Å². The second-order valence-corrected chi connectivity index (χ2v) is 7.12. The molecule has 5 heteroatoms. The first-order valence-corrected chi connectivity index (χ1v) is 7.79. The highest BCUT2D eigenvalue weighted by Gasteiger charge is 2.44. The van der Waals surface area contributed by atoms with Crippen molar-refractivity contribution in [3.05, 3.63) is 29.3 Å². The third-order valence-corrected chi connectivity index (χ3v) is 5.33. The van der Waals surface area contributed by atoms with Crippen LogP contribution in [0.3, 0.4) is 0 Å². The van der Waals surface area contributed by atoms with Gasteiger partial charge in [0.25, 0.3) is 0 Å². The number of aryl methyl sites for hydroxylation is 2. The van der Waals surface area contributed by atoms with Gasteiger partial charge in [-0.3, -0.25) is 0 Å². The maximum Gasteiger partial charge on any atom is 0.241 e. The molecule has 1 N–H and O–H groups in total. The van der Waals surface area contributed by atoms with Gasteiger partial charge in [-0.2, -0.15) is 9.98 Å². The standard InChI is InChI=1S/C14H18N2O2S/c1-10-4-7-13(8-11(10)2)19(17,18)16-14(3,9-15)12-5-6-12/h4,7-8,12,16H,5-6H2,1-3H3/t14-/m0/s1. The van der Waals surface area contributed by atoms with Crippen molar-refractivity contribution in [2.45, 2.75) is 44.0 Å². The van der Waals surface area contributed by atoms with Gasteiger partial charge in [0.2, 0.25) is 10.0 Å². The molecule has 0 spiro atoms. The molecular formula is C14H18N2O2S. The number of nitrogens with zero attached hydrogens (tertiary/aromatic N) is 1. The van der Waals surface area contributed by atoms with Crippen LogP contribution in [0.1, 0.15) is 30.9 Å². The lowest BCUT2D eigenvalue weighted by Gasteiger charge is -2.22. The van der Waals surface area contributed by atoms with Gasteiger partial charge in [-0.1, -0.05) is 6.07 Å². The second-order valence-electron chi connectivity index (χ2n) is 5.44. The SMILES string of the molecule is Cc1ccc(S(=O)(=O)N[C@@](C)(C#N)C2CC2)cc1C. The van der Waals surface area contributed by atoms with E-state index in [4.69, 9.17) is 0 Å². The summed E-state index contributed by atoms with van der Waals surface area (Å²) in [5.74, 6) is 0.124. The minimum atomic E-state index is -3.65. The number of sulfonamides is 1. The van der Waals surface area contributed by atoms with Gasteiger partial charge in [0.1, 0.15) is 5.54 Å². The highest BCUT2D eigenvalue weighted by atomic mass is 32.2. The van der Waals surface area contributed by atoms with Crippen LogP contribution in [0.5, 0.6) is 0 Å². The Kier molecular flexibility index (Phi) is 3.41. The van der Waals surface area contributed by atoms with Crippen LogP contribution in [-0.2, 0) is 10.0 Å². The molecule has 0 saturated heterocycles. The molecule has 0 aromatic heterocycles. The lowest BCUT2D eigenvalue weighted by molar-refractivity contribution is 0.458. The van der Waals surface area contributed by atoms with E-state index < -0.39 is 15.6 Å². The van der Waals surface area contributed by atoms with Gasteiger partial charge in [0, 0.05) is 0 Å². The molecular weight excluding hydrogens is 260 g/mol. The van der Waals surface area contributed by atoms with Crippen molar-refractivity contribution in [2.24, 2.45) is 5.92 Å². The molecule has 1 aliphatic rings. The van der Waals surface area contributed by atoms with E-state index in [1.54, 1.807) is 25.1 Å². The van der Waals surface area contributed by atoms with Gasteiger partial charge in [0.15, 0.2) is 0 Å². The summed E-state index contributed by atoms with van der Waals surface area (Å²) in [6.45, 7) is 5.46. The molecule has 0 heterocycles. The van der Waals surface area contributed by atoms with Crippen molar-refractivity contribution in [1.29, 1.82) is 5.26 Å². The molecule has 1 atom stereocenters. The van der Waals surface area contributed by atoms with E-state index in [0.717, 1.165) is 24.0 Å². The summed E-state index contributed by atoms with van der Waals surface area (Å²) < 4.78 is 27.2. The first-order chi connectivity index (χ1) is 8.78. The fraction of sp³-hybridized carbons (Fsp3) is 0.500. The second kappa shape index (κ2) is 4.62. The van der Waals surface area contributed by atoms with Gasteiger partial charge >= 0.3 is 0 Å². The topological polar surface area (TPSA) is 70.0 Å². The summed E-state index contributed by atoms with van der Waals surface area (Å²) in [7, 11) is -3.65. The van der Waals surface area contributed by atoms with Crippen molar-refractivity contribution in [1.82, 2.24) is 4.72 Å². The van der Waals surface area contributed by atoms with Crippen LogP contribution in [0, 0.1) is 31.1 Å². The van der Waals surface area contributed by atoms with Crippen LogP contribution in [0.2, 0.25) is 0 Å². The quantitative estimate of drug-likeness (QED) is 0.918. The first kappa shape index (κ1) is 14.0. The fourth-order valence-electron chi connectivity index (χ4n) is 2.08. The molecule has 0 bridgehead atoms. The molecule has 0 aliphatic heterocycles. The van der Waals surface area contributed by atoms with Crippen LogP contribution in [-0.4, -0.2) is 14.0 Å². The van der Waals surface area contributed by atoms with Crippen LogP contribution in [0.15, 0.2) is 23.1 Å². The highest BCUT2D eigenvalue weighted by Crippen LogP contribution is 2.39. The number of benzene rings is 1. The molecule has 19 heavy (non-hydrogen) atoms. The summed E-state index contributed by atoms with van der Waals surface area (Å²) in [5.41, 5.74) is 0.967. The summed E-state index contributed by atoms with van der Waals surface area (Å²) in [5, 5.41) is 9.23. The summed E-state index contributed by atoms with van der Waals surface area (Å²) in [6, 6.07) is 7.10. The zero-order valence-electron chi connectivity index (χ0n) is 11.4. The number of nitriles is 1. The molecule has 1 aromatic rings. The van der Waals surface area contributed by atoms with Gasteiger partial charge in [-0.25, -0.2) is 8.42 Å². The van der Waals surface area contributed by atoms with E-state index >= 15 is 0 Å². The molecule has 0 amide bonds. The van der Waals surface area contributed by atoms with Crippen LogP contribution < -0.4 is 4.72 Å². The van der Waals surface area contributed by atoms with E-state index in [2.05, 4.69) is 10.8 Å². The zero-order chi connectivity index (χ0) is 14.3. The Labute approximate surface area is 114 Å². The van der Waals surface area contributed by atoms with E-state index in [0.29, 0.717) is 0 Å². The molecule has 1 saturated carbocycles. The molecule has 1 aromatic carbocycles. The Hall–Kier alpha value is -1.38. The molecule has 0 unspecified atom stereocenters. The predicted octanol–water partition coefficient (Wildman–Crippen LogP) is 2.27. The maximum atomic E-state index is 12.3. The highest BCUT2D eigenvalue weighted by molar-refractivity contribution is 7.89. The van der Waals surface area contributed by atoms with E-state index in [-0.39, 0.29) is 10.8 Å². The fourth-order valence-corrected chi connectivity index (χ4v) is 3.54. The van der Waals surface area contributed by atoms with Crippen molar-refractivity contribution in [2.75, 3.05) is 0 Å². The van der Waals surface area contributed by atoms with Gasteiger partial charge < -0.3 is 0 Å². The number of hydrogen-bond donors (Lipinski definition) is 1. The monoisotopic (exact) mass is 278 g/mol. The largest absolute Gasteiger partial charge is 0.241 e. The number of rotatable bonds is 4. The Morgan fingerprint density at radius 3 is 2.42 bits per heavy atom. The Morgan fingerprint density at radius 1 is 1.32 bits per heavy atom. The average molecular weight is 278 g/mol. The number of hydrogen-bond acceptors (Lipinski definition) is 3. The third-order valence-electron chi connectivity index (χ3n) is 3.76. The summed E-state index contributed by atoms with van der Waals surface area (Å²) >= 11 is 0. The van der Waals surface area contributed by atoms with Crippen LogP contribution in [0.4, 0.5) is 0 Å². The normalized spacial score (nSPS) is 18.6. The van der Waals surface area contributed by atoms with Gasteiger partial charge in [-0.15, -0.1) is 0 Å². The Bertz CT molecular complexity index is 642. The van der Waals surface area contributed by atoms with E-state index in [1.807, 2.05) is 13.8 Å². The molecule has 2 rings (SSSR count). The first-order valence-electron chi connectivity index (χ1n) is 6.31. The molecule has 4 nitrogen and oxygen atoms in total. The Morgan fingerprint density at radius 2 is 1.95 bits per heavy atom. The molecule has 1 aliphatic carbocycles. The average Bonchev–Trinajstić information content (AvgIpc) is 3.16.